The Balaban J connectivity index is 1.40. The first-order valence-electron chi connectivity index (χ1n) is 14.4. The number of anilines is 2. The Kier molecular flexibility index (Phi) is 9.55. The first kappa shape index (κ1) is 33.6. The molecule has 1 aliphatic rings. The van der Waals surface area contributed by atoms with E-state index in [0.717, 1.165) is 33.1 Å². The fourth-order valence-electron chi connectivity index (χ4n) is 4.92. The maximum absolute atomic E-state index is 14.0. The molecule has 5 aromatic rings. The third-order valence-electron chi connectivity index (χ3n) is 7.42. The van der Waals surface area contributed by atoms with Crippen LogP contribution in [-0.2, 0) is 9.59 Å². The van der Waals surface area contributed by atoms with Crippen molar-refractivity contribution in [2.45, 2.75) is 30.0 Å². The quantitative estimate of drug-likeness (QED) is 0.0511. The van der Waals surface area contributed by atoms with E-state index in [-0.39, 0.29) is 21.9 Å². The van der Waals surface area contributed by atoms with E-state index >= 15 is 0 Å². The van der Waals surface area contributed by atoms with Gasteiger partial charge in [-0.25, -0.2) is 4.98 Å². The molecule has 48 heavy (non-hydrogen) atoms. The molecule has 0 N–H and O–H groups in total. The highest BCUT2D eigenvalue weighted by atomic mass is 35.5. The standard InChI is InChI=1S/C34H24Cl2N4O5S3/c1-4-45-23-10-11-27-30(17-23)48-33(37-27)47-29-12-7-20(14-28(29)40(43)44)13-24-31(41)38(21-8-5-18(2)25(35)15-21)34(46)39(32(24)42)22-9-6-19(3)26(36)16-22/h5-17H,4H2,1-3H3. The van der Waals surface area contributed by atoms with E-state index in [1.807, 2.05) is 39.0 Å². The zero-order valence-electron chi connectivity index (χ0n) is 25.5. The number of hydrogen-bond donors (Lipinski definition) is 0. The molecule has 242 valence electrons. The lowest BCUT2D eigenvalue weighted by molar-refractivity contribution is -0.387. The highest BCUT2D eigenvalue weighted by molar-refractivity contribution is 8.01. The van der Waals surface area contributed by atoms with Crippen molar-refractivity contribution in [1.29, 1.82) is 0 Å². The van der Waals surface area contributed by atoms with Crippen LogP contribution in [0.2, 0.25) is 10.0 Å². The van der Waals surface area contributed by atoms with Crippen LogP contribution >= 0.6 is 58.5 Å². The van der Waals surface area contributed by atoms with Crippen molar-refractivity contribution in [3.63, 3.8) is 0 Å². The number of nitro groups is 1. The van der Waals surface area contributed by atoms with Crippen LogP contribution in [0.25, 0.3) is 16.3 Å². The van der Waals surface area contributed by atoms with Crippen LogP contribution in [0.3, 0.4) is 0 Å². The topological polar surface area (TPSA) is 106 Å². The smallest absolute Gasteiger partial charge is 0.283 e. The fraction of sp³-hybridized carbons (Fsp3) is 0.118. The average molecular weight is 736 g/mol. The molecule has 6 rings (SSSR count). The molecule has 2 amide bonds. The SMILES string of the molecule is CCOc1ccc2nc(Sc3ccc(C=C4C(=O)N(c5ccc(C)c(Cl)c5)C(=S)N(c5ccc(C)c(Cl)c5)C4=O)cc3[N+](=O)[O-])sc2c1. The van der Waals surface area contributed by atoms with E-state index in [4.69, 9.17) is 40.2 Å². The number of benzene rings is 4. The summed E-state index contributed by atoms with van der Waals surface area (Å²) in [5.41, 5.74) is 2.83. The molecule has 1 aliphatic heterocycles. The molecule has 2 heterocycles. The number of fused-ring (bicyclic) bond motifs is 1. The number of nitro benzene ring substituents is 1. The molecule has 0 unspecified atom stereocenters. The summed E-state index contributed by atoms with van der Waals surface area (Å²) in [6.07, 6.45) is 1.33. The van der Waals surface area contributed by atoms with Gasteiger partial charge in [0.1, 0.15) is 11.3 Å². The highest BCUT2D eigenvalue weighted by Crippen LogP contribution is 2.40. The minimum atomic E-state index is -0.707. The predicted octanol–water partition coefficient (Wildman–Crippen LogP) is 9.43. The Morgan fingerprint density at radius 2 is 1.56 bits per heavy atom. The van der Waals surface area contributed by atoms with E-state index in [2.05, 4.69) is 4.98 Å². The first-order valence-corrected chi connectivity index (χ1v) is 17.2. The van der Waals surface area contributed by atoms with Gasteiger partial charge in [0, 0.05) is 16.1 Å². The second-order valence-corrected chi connectivity index (χ2v) is 14.1. The van der Waals surface area contributed by atoms with Crippen molar-refractivity contribution in [2.24, 2.45) is 0 Å². The van der Waals surface area contributed by atoms with Gasteiger partial charge in [-0.15, -0.1) is 11.3 Å². The molecule has 0 spiro atoms. The van der Waals surface area contributed by atoms with Gasteiger partial charge in [0.05, 0.1) is 38.0 Å². The number of carbonyl (C=O) groups excluding carboxylic acids is 2. The average Bonchev–Trinajstić information content (AvgIpc) is 3.45. The Hall–Kier alpha value is -4.33. The molecule has 0 atom stereocenters. The molecular formula is C34H24Cl2N4O5S3. The second kappa shape index (κ2) is 13.7. The lowest BCUT2D eigenvalue weighted by Gasteiger charge is -2.36. The summed E-state index contributed by atoms with van der Waals surface area (Å²) >= 11 is 21.1. The maximum atomic E-state index is 14.0. The van der Waals surface area contributed by atoms with Crippen LogP contribution in [0.4, 0.5) is 17.1 Å². The summed E-state index contributed by atoms with van der Waals surface area (Å²) in [5.74, 6) is -0.697. The minimum absolute atomic E-state index is 0.0936. The normalized spacial score (nSPS) is 13.4. The molecule has 14 heteroatoms. The van der Waals surface area contributed by atoms with Crippen LogP contribution in [0, 0.1) is 24.0 Å². The van der Waals surface area contributed by atoms with Gasteiger partial charge in [-0.1, -0.05) is 53.2 Å². The monoisotopic (exact) mass is 734 g/mol. The van der Waals surface area contributed by atoms with Gasteiger partial charge >= 0.3 is 0 Å². The van der Waals surface area contributed by atoms with E-state index in [0.29, 0.717) is 43.0 Å². The zero-order valence-corrected chi connectivity index (χ0v) is 29.5. The van der Waals surface area contributed by atoms with Gasteiger partial charge in [-0.3, -0.25) is 29.5 Å². The van der Waals surface area contributed by atoms with Crippen LogP contribution in [-0.4, -0.2) is 33.4 Å². The number of nitrogens with zero attached hydrogens (tertiary/aromatic N) is 4. The van der Waals surface area contributed by atoms with Gasteiger partial charge in [-0.05, 0) is 104 Å². The minimum Gasteiger partial charge on any atom is -0.494 e. The molecule has 1 saturated heterocycles. The number of rotatable bonds is 8. The van der Waals surface area contributed by atoms with E-state index < -0.39 is 16.7 Å². The van der Waals surface area contributed by atoms with Gasteiger partial charge in [0.15, 0.2) is 9.45 Å². The Bertz CT molecular complexity index is 2130. The molecule has 0 saturated carbocycles. The van der Waals surface area contributed by atoms with Crippen molar-refractivity contribution < 1.29 is 19.2 Å². The molecular weight excluding hydrogens is 712 g/mol. The molecule has 1 fully saturated rings. The molecule has 0 aliphatic carbocycles. The molecule has 9 nitrogen and oxygen atoms in total. The number of hydrogen-bond acceptors (Lipinski definition) is 9. The summed E-state index contributed by atoms with van der Waals surface area (Å²) in [4.78, 5) is 47.2. The second-order valence-electron chi connectivity index (χ2n) is 10.6. The van der Waals surface area contributed by atoms with Crippen LogP contribution in [0.5, 0.6) is 5.75 Å². The number of aromatic nitrogens is 1. The zero-order chi connectivity index (χ0) is 34.3. The number of thiocarbonyl (C=S) groups is 1. The predicted molar refractivity (Wildman–Crippen MR) is 196 cm³/mol. The van der Waals surface area contributed by atoms with Crippen LogP contribution in [0.1, 0.15) is 23.6 Å². The Morgan fingerprint density at radius 3 is 2.12 bits per heavy atom. The fourth-order valence-corrected chi connectivity index (χ4v) is 7.79. The first-order chi connectivity index (χ1) is 22.9. The van der Waals surface area contributed by atoms with E-state index in [1.54, 1.807) is 48.5 Å². The van der Waals surface area contributed by atoms with Crippen molar-refractivity contribution in [2.75, 3.05) is 16.4 Å². The summed E-state index contributed by atoms with van der Waals surface area (Å²) in [7, 11) is 0. The third kappa shape index (κ3) is 6.54. The Morgan fingerprint density at radius 1 is 0.938 bits per heavy atom. The summed E-state index contributed by atoms with van der Waals surface area (Å²) in [6.45, 7) is 6.07. The number of thiazole rings is 1. The summed E-state index contributed by atoms with van der Waals surface area (Å²) < 4.78 is 7.07. The van der Waals surface area contributed by atoms with Crippen molar-refractivity contribution in [3.05, 3.63) is 115 Å². The molecule has 1 aromatic heterocycles. The molecule has 0 bridgehead atoms. The Labute approximate surface area is 298 Å². The number of aryl methyl sites for hydroxylation is 2. The largest absolute Gasteiger partial charge is 0.494 e. The lowest BCUT2D eigenvalue weighted by atomic mass is 10.0. The summed E-state index contributed by atoms with van der Waals surface area (Å²) in [5, 5.41) is 13.0. The van der Waals surface area contributed by atoms with Crippen LogP contribution < -0.4 is 14.5 Å². The van der Waals surface area contributed by atoms with Crippen molar-refractivity contribution in [1.82, 2.24) is 4.98 Å². The number of carbonyl (C=O) groups is 2. The van der Waals surface area contributed by atoms with Crippen LogP contribution in [0.15, 0.2) is 87.6 Å². The van der Waals surface area contributed by atoms with E-state index in [9.17, 15) is 19.7 Å². The number of amides is 2. The highest BCUT2D eigenvalue weighted by Gasteiger charge is 2.41. The molecule has 4 aromatic carbocycles. The summed E-state index contributed by atoms with van der Waals surface area (Å²) in [6, 6.07) is 20.1. The third-order valence-corrected chi connectivity index (χ3v) is 10.7. The van der Waals surface area contributed by atoms with Crippen molar-refractivity contribution in [3.8, 4) is 5.75 Å². The van der Waals surface area contributed by atoms with Gasteiger partial charge in [-0.2, -0.15) is 0 Å². The number of ether oxygens (including phenoxy) is 1. The van der Waals surface area contributed by atoms with E-state index in [1.165, 1.54) is 33.3 Å². The van der Waals surface area contributed by atoms with Gasteiger partial charge < -0.3 is 4.74 Å². The maximum Gasteiger partial charge on any atom is 0.283 e. The lowest BCUT2D eigenvalue weighted by Crippen LogP contribution is -2.57. The van der Waals surface area contributed by atoms with Gasteiger partial charge in [0.25, 0.3) is 17.5 Å². The van der Waals surface area contributed by atoms with Crippen molar-refractivity contribution >= 4 is 109 Å². The molecule has 0 radical (unpaired) electrons. The number of halogens is 2. The van der Waals surface area contributed by atoms with Gasteiger partial charge in [0.2, 0.25) is 0 Å².